The lowest BCUT2D eigenvalue weighted by molar-refractivity contribution is 0.190. The minimum atomic E-state index is -0.573. The number of hydrogen-bond acceptors (Lipinski definition) is 3. The lowest BCUT2D eigenvalue weighted by Crippen LogP contribution is -2.01. The maximum Gasteiger partial charge on any atom is 0.168 e. The average molecular weight is 273 g/mol. The van der Waals surface area contributed by atoms with Crippen LogP contribution in [0.1, 0.15) is 25.0 Å². The molecule has 2 rings (SSSR count). The lowest BCUT2D eigenvalue weighted by atomic mass is 10.1. The summed E-state index contributed by atoms with van der Waals surface area (Å²) in [6, 6.07) is 3.73. The molecule has 1 aliphatic heterocycles. The van der Waals surface area contributed by atoms with Gasteiger partial charge < -0.3 is 14.6 Å². The molecule has 1 aliphatic rings. The van der Waals surface area contributed by atoms with Crippen LogP contribution in [0.3, 0.4) is 0 Å². The Morgan fingerprint density at radius 2 is 2.07 bits per heavy atom. The van der Waals surface area contributed by atoms with Crippen molar-refractivity contribution in [3.05, 3.63) is 22.2 Å². The molecule has 1 unspecified atom stereocenters. The van der Waals surface area contributed by atoms with Gasteiger partial charge in [-0.15, -0.1) is 0 Å². The zero-order valence-corrected chi connectivity index (χ0v) is 10.1. The van der Waals surface area contributed by atoms with E-state index in [0.29, 0.717) is 24.7 Å². The Morgan fingerprint density at radius 3 is 2.80 bits per heavy atom. The molecular weight excluding hydrogens is 260 g/mol. The van der Waals surface area contributed by atoms with Gasteiger partial charge in [-0.05, 0) is 19.1 Å². The normalized spacial score (nSPS) is 17.0. The topological polar surface area (TPSA) is 38.7 Å². The number of ether oxygens (including phenoxy) is 2. The molecule has 15 heavy (non-hydrogen) atoms. The zero-order valence-electron chi connectivity index (χ0n) is 8.50. The number of aliphatic hydroxyl groups excluding tert-OH is 1. The number of benzene rings is 1. The minimum absolute atomic E-state index is 0.573. The van der Waals surface area contributed by atoms with E-state index in [1.807, 2.05) is 12.1 Å². The Balaban J connectivity index is 2.51. The SMILES string of the molecule is CC(O)c1c(Br)ccc2c1OCCCO2. The second kappa shape index (κ2) is 4.41. The van der Waals surface area contributed by atoms with Crippen LogP contribution in [-0.2, 0) is 0 Å². The highest BCUT2D eigenvalue weighted by Crippen LogP contribution is 2.40. The largest absolute Gasteiger partial charge is 0.490 e. The molecule has 0 spiro atoms. The molecule has 0 fully saturated rings. The number of rotatable bonds is 1. The second-order valence-electron chi connectivity index (χ2n) is 3.51. The van der Waals surface area contributed by atoms with Gasteiger partial charge in [-0.2, -0.15) is 0 Å². The first-order valence-corrected chi connectivity index (χ1v) is 5.75. The van der Waals surface area contributed by atoms with Gasteiger partial charge in [0.1, 0.15) is 0 Å². The summed E-state index contributed by atoms with van der Waals surface area (Å²) in [5.41, 5.74) is 0.759. The summed E-state index contributed by atoms with van der Waals surface area (Å²) >= 11 is 3.41. The summed E-state index contributed by atoms with van der Waals surface area (Å²) in [6.07, 6.45) is 0.293. The molecule has 4 heteroatoms. The molecule has 0 aliphatic carbocycles. The van der Waals surface area contributed by atoms with Crippen LogP contribution in [-0.4, -0.2) is 18.3 Å². The highest BCUT2D eigenvalue weighted by molar-refractivity contribution is 9.10. The predicted octanol–water partition coefficient (Wildman–Crippen LogP) is 2.66. The van der Waals surface area contributed by atoms with Crippen LogP contribution in [0.25, 0.3) is 0 Å². The van der Waals surface area contributed by atoms with Crippen molar-refractivity contribution >= 4 is 15.9 Å². The maximum absolute atomic E-state index is 9.69. The molecule has 1 aromatic rings. The molecule has 0 saturated heterocycles. The van der Waals surface area contributed by atoms with Crippen molar-refractivity contribution in [3.8, 4) is 11.5 Å². The van der Waals surface area contributed by atoms with Gasteiger partial charge in [-0.1, -0.05) is 15.9 Å². The third kappa shape index (κ3) is 2.11. The second-order valence-corrected chi connectivity index (χ2v) is 4.37. The summed E-state index contributed by atoms with van der Waals surface area (Å²) in [6.45, 7) is 3.01. The van der Waals surface area contributed by atoms with Gasteiger partial charge in [0.15, 0.2) is 11.5 Å². The highest BCUT2D eigenvalue weighted by Gasteiger charge is 2.20. The average Bonchev–Trinajstić information content (AvgIpc) is 2.41. The number of halogens is 1. The fourth-order valence-corrected chi connectivity index (χ4v) is 2.27. The number of aliphatic hydroxyl groups is 1. The highest BCUT2D eigenvalue weighted by atomic mass is 79.9. The number of fused-ring (bicyclic) bond motifs is 1. The van der Waals surface area contributed by atoms with E-state index in [-0.39, 0.29) is 0 Å². The van der Waals surface area contributed by atoms with Crippen molar-refractivity contribution in [2.75, 3.05) is 13.2 Å². The van der Waals surface area contributed by atoms with Crippen molar-refractivity contribution in [3.63, 3.8) is 0 Å². The van der Waals surface area contributed by atoms with Crippen molar-refractivity contribution in [2.24, 2.45) is 0 Å². The molecule has 1 heterocycles. The smallest absolute Gasteiger partial charge is 0.168 e. The molecule has 82 valence electrons. The van der Waals surface area contributed by atoms with Crippen molar-refractivity contribution < 1.29 is 14.6 Å². The van der Waals surface area contributed by atoms with Crippen LogP contribution in [0.15, 0.2) is 16.6 Å². The van der Waals surface area contributed by atoms with Gasteiger partial charge in [-0.25, -0.2) is 0 Å². The molecule has 3 nitrogen and oxygen atoms in total. The Labute approximate surface area is 97.1 Å². The van der Waals surface area contributed by atoms with Crippen molar-refractivity contribution in [1.29, 1.82) is 0 Å². The molecule has 1 N–H and O–H groups in total. The van der Waals surface area contributed by atoms with Crippen LogP contribution in [0, 0.1) is 0 Å². The van der Waals surface area contributed by atoms with E-state index in [2.05, 4.69) is 15.9 Å². The molecule has 0 aromatic heterocycles. The van der Waals surface area contributed by atoms with Gasteiger partial charge in [0.25, 0.3) is 0 Å². The summed E-state index contributed by atoms with van der Waals surface area (Å²) in [7, 11) is 0. The molecule has 0 amide bonds. The first-order valence-electron chi connectivity index (χ1n) is 4.96. The maximum atomic E-state index is 9.69. The van der Waals surface area contributed by atoms with Crippen LogP contribution in [0.4, 0.5) is 0 Å². The summed E-state index contributed by atoms with van der Waals surface area (Å²) in [5.74, 6) is 1.38. The van der Waals surface area contributed by atoms with Crippen molar-refractivity contribution in [2.45, 2.75) is 19.4 Å². The van der Waals surface area contributed by atoms with E-state index >= 15 is 0 Å². The Bertz CT molecular complexity index is 363. The first kappa shape index (κ1) is 10.8. The van der Waals surface area contributed by atoms with E-state index in [9.17, 15) is 5.11 Å². The fraction of sp³-hybridized carbons (Fsp3) is 0.455. The third-order valence-corrected chi connectivity index (χ3v) is 3.01. The van der Waals surface area contributed by atoms with Crippen LogP contribution < -0.4 is 9.47 Å². The van der Waals surface area contributed by atoms with Crippen molar-refractivity contribution in [1.82, 2.24) is 0 Å². The Hall–Kier alpha value is -0.740. The summed E-state index contributed by atoms with van der Waals surface area (Å²) in [5, 5.41) is 9.69. The Kier molecular flexibility index (Phi) is 3.17. The molecule has 1 aromatic carbocycles. The van der Waals surface area contributed by atoms with Gasteiger partial charge in [0.2, 0.25) is 0 Å². The van der Waals surface area contributed by atoms with Gasteiger partial charge >= 0.3 is 0 Å². The zero-order chi connectivity index (χ0) is 10.8. The van der Waals surface area contributed by atoms with Gasteiger partial charge in [0, 0.05) is 16.5 Å². The Morgan fingerprint density at radius 1 is 1.33 bits per heavy atom. The van der Waals surface area contributed by atoms with E-state index in [1.54, 1.807) is 6.92 Å². The van der Waals surface area contributed by atoms with Crippen LogP contribution >= 0.6 is 15.9 Å². The lowest BCUT2D eigenvalue weighted by Gasteiger charge is -2.15. The fourth-order valence-electron chi connectivity index (χ4n) is 1.62. The molecule has 0 bridgehead atoms. The molecular formula is C11H13BrO3. The monoisotopic (exact) mass is 272 g/mol. The van der Waals surface area contributed by atoms with Crippen LogP contribution in [0.5, 0.6) is 11.5 Å². The standard InChI is InChI=1S/C11H13BrO3/c1-7(13)10-8(12)3-4-9-11(10)15-6-2-5-14-9/h3-4,7,13H,2,5-6H2,1H3. The molecule has 0 radical (unpaired) electrons. The van der Waals surface area contributed by atoms with E-state index < -0.39 is 6.10 Å². The summed E-state index contributed by atoms with van der Waals surface area (Å²) in [4.78, 5) is 0. The van der Waals surface area contributed by atoms with E-state index in [4.69, 9.17) is 9.47 Å². The van der Waals surface area contributed by atoms with Gasteiger partial charge in [-0.3, -0.25) is 0 Å². The summed E-state index contributed by atoms with van der Waals surface area (Å²) < 4.78 is 12.0. The predicted molar refractivity (Wildman–Crippen MR) is 60.4 cm³/mol. The molecule has 1 atom stereocenters. The third-order valence-electron chi connectivity index (χ3n) is 2.32. The van der Waals surface area contributed by atoms with E-state index in [1.165, 1.54) is 0 Å². The molecule has 0 saturated carbocycles. The number of hydrogen-bond donors (Lipinski definition) is 1. The van der Waals surface area contributed by atoms with Gasteiger partial charge in [0.05, 0.1) is 19.3 Å². The minimum Gasteiger partial charge on any atom is -0.490 e. The van der Waals surface area contributed by atoms with E-state index in [0.717, 1.165) is 16.5 Å². The quantitative estimate of drug-likeness (QED) is 0.855. The first-order chi connectivity index (χ1) is 7.20. The van der Waals surface area contributed by atoms with Crippen LogP contribution in [0.2, 0.25) is 0 Å².